The van der Waals surface area contributed by atoms with Gasteiger partial charge in [-0.05, 0) is 63.4 Å². The molecule has 1 aromatic rings. The minimum absolute atomic E-state index is 0.0132. The monoisotopic (exact) mass is 513 g/mol. The van der Waals surface area contributed by atoms with E-state index < -0.39 is 11.4 Å². The zero-order valence-corrected chi connectivity index (χ0v) is 21.7. The van der Waals surface area contributed by atoms with Crippen LogP contribution in [0, 0.1) is 17.7 Å². The molecular weight excluding hydrogens is 473 g/mol. The molecule has 35 heavy (non-hydrogen) atoms. The summed E-state index contributed by atoms with van der Waals surface area (Å²) in [5.41, 5.74) is 4.73. The van der Waals surface area contributed by atoms with E-state index in [-0.39, 0.29) is 28.6 Å². The third-order valence-electron chi connectivity index (χ3n) is 7.71. The molecule has 1 heterocycles. The van der Waals surface area contributed by atoms with Crippen molar-refractivity contribution in [3.05, 3.63) is 34.6 Å². The molecule has 0 radical (unpaired) electrons. The first-order valence-corrected chi connectivity index (χ1v) is 13.1. The molecule has 2 amide bonds. The van der Waals surface area contributed by atoms with Gasteiger partial charge >= 0.3 is 6.03 Å². The maximum atomic E-state index is 15.1. The third kappa shape index (κ3) is 7.07. The normalized spacial score (nSPS) is 25.0. The van der Waals surface area contributed by atoms with Gasteiger partial charge in [-0.2, -0.15) is 0 Å². The van der Waals surface area contributed by atoms with Crippen LogP contribution in [0.25, 0.3) is 0 Å². The molecule has 2 aliphatic rings. The fraction of sp³-hybridized carbons (Fsp3) is 0.731. The SMILES string of the molecule is COCCCC[C@@](O)(c1cccc(Cl)c1F)[C@@H]1CCCN(C(=O)NC(CN)CC2CC(OC)C2)C1. The first-order chi connectivity index (χ1) is 16.8. The molecule has 198 valence electrons. The number of benzene rings is 1. The van der Waals surface area contributed by atoms with Gasteiger partial charge in [-0.1, -0.05) is 23.7 Å². The van der Waals surface area contributed by atoms with E-state index in [1.54, 1.807) is 31.3 Å². The highest BCUT2D eigenvalue weighted by molar-refractivity contribution is 6.30. The number of urea groups is 1. The van der Waals surface area contributed by atoms with E-state index in [0.29, 0.717) is 57.5 Å². The number of nitrogens with one attached hydrogen (secondary N) is 1. The van der Waals surface area contributed by atoms with Gasteiger partial charge < -0.3 is 30.5 Å². The van der Waals surface area contributed by atoms with E-state index in [0.717, 1.165) is 32.1 Å². The number of unbranched alkanes of at least 4 members (excludes halogenated alkanes) is 1. The number of nitrogens with zero attached hydrogens (tertiary/aromatic N) is 1. The molecule has 7 nitrogen and oxygen atoms in total. The van der Waals surface area contributed by atoms with Crippen molar-refractivity contribution in [3.8, 4) is 0 Å². The zero-order chi connectivity index (χ0) is 25.4. The van der Waals surface area contributed by atoms with Gasteiger partial charge in [0, 0.05) is 58.0 Å². The number of carbonyl (C=O) groups excluding carboxylic acids is 1. The molecule has 1 unspecified atom stereocenters. The van der Waals surface area contributed by atoms with Gasteiger partial charge in [-0.3, -0.25) is 0 Å². The van der Waals surface area contributed by atoms with Crippen LogP contribution in [0.2, 0.25) is 5.02 Å². The molecule has 3 atom stereocenters. The summed E-state index contributed by atoms with van der Waals surface area (Å²) in [5.74, 6) is -0.406. The molecule has 2 fully saturated rings. The third-order valence-corrected chi connectivity index (χ3v) is 8.01. The lowest BCUT2D eigenvalue weighted by Gasteiger charge is -2.43. The first kappa shape index (κ1) is 28.1. The summed E-state index contributed by atoms with van der Waals surface area (Å²) in [6.07, 6.45) is 6.33. The molecule has 1 saturated carbocycles. The molecule has 1 aliphatic carbocycles. The number of ether oxygens (including phenoxy) is 2. The highest BCUT2D eigenvalue weighted by Crippen LogP contribution is 2.42. The van der Waals surface area contributed by atoms with Gasteiger partial charge in [0.15, 0.2) is 0 Å². The lowest BCUT2D eigenvalue weighted by atomic mass is 9.74. The predicted octanol–water partition coefficient (Wildman–Crippen LogP) is 4.05. The molecule has 0 bridgehead atoms. The number of hydrogen-bond donors (Lipinski definition) is 3. The number of hydrogen-bond acceptors (Lipinski definition) is 5. The number of nitrogens with two attached hydrogens (primary N) is 1. The van der Waals surface area contributed by atoms with Crippen molar-refractivity contribution in [1.29, 1.82) is 0 Å². The average Bonchev–Trinajstić information content (AvgIpc) is 2.84. The second-order valence-electron chi connectivity index (χ2n) is 10.1. The molecule has 9 heteroatoms. The molecule has 1 aromatic carbocycles. The Labute approximate surface area is 213 Å². The number of likely N-dealkylation sites (tertiary alicyclic amines) is 1. The van der Waals surface area contributed by atoms with E-state index >= 15 is 4.39 Å². The number of halogens is 2. The standard InChI is InChI=1S/C26H41ClFN3O4/c1-34-12-4-3-10-26(33,22-8-5-9-23(27)24(22)28)19-7-6-11-31(17-19)25(32)30-20(16-29)13-18-14-21(15-18)35-2/h5,8-9,18-21,33H,3-4,6-7,10-17,29H2,1-2H3,(H,30,32)/t18?,19-,20?,21?,26+/m1/s1. The summed E-state index contributed by atoms with van der Waals surface area (Å²) in [6, 6.07) is 4.46. The first-order valence-electron chi connectivity index (χ1n) is 12.8. The smallest absolute Gasteiger partial charge is 0.317 e. The summed E-state index contributed by atoms with van der Waals surface area (Å²) < 4.78 is 25.6. The van der Waals surface area contributed by atoms with Gasteiger partial charge in [-0.25, -0.2) is 9.18 Å². The Balaban J connectivity index is 1.69. The minimum atomic E-state index is -1.43. The van der Waals surface area contributed by atoms with E-state index in [4.69, 9.17) is 26.8 Å². The van der Waals surface area contributed by atoms with E-state index in [1.165, 1.54) is 6.07 Å². The van der Waals surface area contributed by atoms with Crippen molar-refractivity contribution in [2.24, 2.45) is 17.6 Å². The number of rotatable bonds is 12. The summed E-state index contributed by atoms with van der Waals surface area (Å²) in [5, 5.41) is 15.0. The van der Waals surface area contributed by atoms with Crippen LogP contribution in [-0.4, -0.2) is 68.6 Å². The number of carbonyl (C=O) groups is 1. The summed E-state index contributed by atoms with van der Waals surface area (Å²) in [7, 11) is 3.36. The van der Waals surface area contributed by atoms with Crippen LogP contribution >= 0.6 is 11.6 Å². The molecule has 0 spiro atoms. The number of piperidine rings is 1. The van der Waals surface area contributed by atoms with Gasteiger partial charge in [0.25, 0.3) is 0 Å². The Morgan fingerprint density at radius 2 is 2.14 bits per heavy atom. The molecule has 3 rings (SSSR count). The van der Waals surface area contributed by atoms with Crippen LogP contribution in [0.1, 0.15) is 56.9 Å². The van der Waals surface area contributed by atoms with Crippen LogP contribution < -0.4 is 11.1 Å². The van der Waals surface area contributed by atoms with E-state index in [1.807, 2.05) is 0 Å². The molecule has 0 aromatic heterocycles. The van der Waals surface area contributed by atoms with Crippen LogP contribution in [0.3, 0.4) is 0 Å². The van der Waals surface area contributed by atoms with Gasteiger partial charge in [-0.15, -0.1) is 0 Å². The summed E-state index contributed by atoms with van der Waals surface area (Å²) >= 11 is 6.07. The van der Waals surface area contributed by atoms with Crippen molar-refractivity contribution >= 4 is 17.6 Å². The van der Waals surface area contributed by atoms with Crippen LogP contribution in [0.15, 0.2) is 18.2 Å². The topological polar surface area (TPSA) is 97.1 Å². The maximum absolute atomic E-state index is 15.1. The van der Waals surface area contributed by atoms with Gasteiger partial charge in [0.1, 0.15) is 5.82 Å². The number of aliphatic hydroxyl groups is 1. The molecule has 4 N–H and O–H groups in total. The Morgan fingerprint density at radius 1 is 1.37 bits per heavy atom. The van der Waals surface area contributed by atoms with Crippen LogP contribution in [0.4, 0.5) is 9.18 Å². The summed E-state index contributed by atoms with van der Waals surface area (Å²) in [4.78, 5) is 14.9. The zero-order valence-electron chi connectivity index (χ0n) is 21.0. The minimum Gasteiger partial charge on any atom is -0.385 e. The van der Waals surface area contributed by atoms with Crippen molar-refractivity contribution in [1.82, 2.24) is 10.2 Å². The lowest BCUT2D eigenvalue weighted by Crippen LogP contribution is -2.54. The van der Waals surface area contributed by atoms with E-state index in [9.17, 15) is 9.90 Å². The van der Waals surface area contributed by atoms with Crippen molar-refractivity contribution < 1.29 is 23.8 Å². The van der Waals surface area contributed by atoms with Gasteiger partial charge in [0.05, 0.1) is 16.7 Å². The molecular formula is C26H41ClFN3O4. The Hall–Kier alpha value is -1.45. The fourth-order valence-electron chi connectivity index (χ4n) is 5.53. The van der Waals surface area contributed by atoms with Crippen LogP contribution in [0.5, 0.6) is 0 Å². The quantitative estimate of drug-likeness (QED) is 0.366. The largest absolute Gasteiger partial charge is 0.385 e. The Kier molecular flexibility index (Phi) is 10.6. The van der Waals surface area contributed by atoms with E-state index in [2.05, 4.69) is 5.32 Å². The lowest BCUT2D eigenvalue weighted by molar-refractivity contribution is -0.0588. The second kappa shape index (κ2) is 13.2. The van der Waals surface area contributed by atoms with Gasteiger partial charge in [0.2, 0.25) is 0 Å². The number of methoxy groups -OCH3 is 2. The molecule has 1 aliphatic heterocycles. The predicted molar refractivity (Wildman–Crippen MR) is 135 cm³/mol. The number of amides is 2. The van der Waals surface area contributed by atoms with Crippen molar-refractivity contribution in [2.45, 2.75) is 69.1 Å². The fourth-order valence-corrected chi connectivity index (χ4v) is 5.71. The highest BCUT2D eigenvalue weighted by Gasteiger charge is 2.43. The maximum Gasteiger partial charge on any atom is 0.317 e. The Morgan fingerprint density at radius 3 is 2.83 bits per heavy atom. The molecule has 1 saturated heterocycles. The van der Waals surface area contributed by atoms with Crippen molar-refractivity contribution in [2.75, 3.05) is 40.5 Å². The van der Waals surface area contributed by atoms with Crippen molar-refractivity contribution in [3.63, 3.8) is 0 Å². The average molecular weight is 514 g/mol. The van der Waals surface area contributed by atoms with Crippen LogP contribution in [-0.2, 0) is 15.1 Å². The Bertz CT molecular complexity index is 826. The summed E-state index contributed by atoms with van der Waals surface area (Å²) in [6.45, 7) is 1.87. The highest BCUT2D eigenvalue weighted by atomic mass is 35.5. The second-order valence-corrected chi connectivity index (χ2v) is 10.5.